The summed E-state index contributed by atoms with van der Waals surface area (Å²) in [5.41, 5.74) is 0.267. The van der Waals surface area contributed by atoms with Crippen molar-refractivity contribution in [3.05, 3.63) is 29.8 Å². The molecule has 0 aliphatic carbocycles. The predicted octanol–water partition coefficient (Wildman–Crippen LogP) is 1.47. The van der Waals surface area contributed by atoms with Crippen LogP contribution in [0.4, 0.5) is 0 Å². The first-order valence-corrected chi connectivity index (χ1v) is 6.98. The van der Waals surface area contributed by atoms with E-state index >= 15 is 0 Å². The molecule has 20 heavy (non-hydrogen) atoms. The highest BCUT2D eigenvalue weighted by molar-refractivity contribution is 5.87. The van der Waals surface area contributed by atoms with Gasteiger partial charge in [-0.1, -0.05) is 0 Å². The zero-order chi connectivity index (χ0) is 14.4. The van der Waals surface area contributed by atoms with Gasteiger partial charge in [0.25, 0.3) is 0 Å². The van der Waals surface area contributed by atoms with E-state index in [1.807, 2.05) is 0 Å². The zero-order valence-corrected chi connectivity index (χ0v) is 11.5. The molecule has 0 saturated carbocycles. The Balaban J connectivity index is 1.69. The van der Waals surface area contributed by atoms with Crippen LogP contribution in [-0.4, -0.2) is 53.9 Å². The molecule has 1 atom stereocenters. The first-order chi connectivity index (χ1) is 9.69. The Morgan fingerprint density at radius 2 is 2.10 bits per heavy atom. The molecule has 1 saturated heterocycles. The SMILES string of the molecule is O=C(O)c1ccc(OCCN2CCC(CCO)C2)cc1. The third kappa shape index (κ3) is 4.21. The topological polar surface area (TPSA) is 70.0 Å². The third-order valence-electron chi connectivity index (χ3n) is 3.68. The van der Waals surface area contributed by atoms with Crippen molar-refractivity contribution in [2.75, 3.05) is 32.8 Å². The molecule has 5 heteroatoms. The summed E-state index contributed by atoms with van der Waals surface area (Å²) in [6.45, 7) is 3.82. The molecule has 0 aromatic heterocycles. The molecule has 0 spiro atoms. The van der Waals surface area contributed by atoms with Crippen molar-refractivity contribution >= 4 is 5.97 Å². The van der Waals surface area contributed by atoms with E-state index in [0.29, 0.717) is 18.3 Å². The molecule has 1 aromatic rings. The summed E-state index contributed by atoms with van der Waals surface area (Å²) in [7, 11) is 0. The Hall–Kier alpha value is -1.59. The molecule has 0 radical (unpaired) electrons. The second-order valence-corrected chi connectivity index (χ2v) is 5.15. The molecular weight excluding hydrogens is 258 g/mol. The lowest BCUT2D eigenvalue weighted by molar-refractivity contribution is 0.0697. The molecule has 0 amide bonds. The lowest BCUT2D eigenvalue weighted by atomic mass is 10.1. The highest BCUT2D eigenvalue weighted by Crippen LogP contribution is 2.19. The number of aliphatic hydroxyl groups excluding tert-OH is 1. The Bertz CT molecular complexity index is 432. The standard InChI is InChI=1S/C15H21NO4/c17-9-6-12-5-7-16(11-12)8-10-20-14-3-1-13(2-4-14)15(18)19/h1-4,12,17H,5-11H2,(H,18,19). The normalized spacial score (nSPS) is 19.1. The van der Waals surface area contributed by atoms with Gasteiger partial charge in [-0.25, -0.2) is 4.79 Å². The number of ether oxygens (including phenoxy) is 1. The summed E-state index contributed by atoms with van der Waals surface area (Å²) in [6.07, 6.45) is 2.03. The Morgan fingerprint density at radius 3 is 2.75 bits per heavy atom. The van der Waals surface area contributed by atoms with Gasteiger partial charge in [-0.3, -0.25) is 4.90 Å². The van der Waals surface area contributed by atoms with Crippen LogP contribution >= 0.6 is 0 Å². The van der Waals surface area contributed by atoms with E-state index in [2.05, 4.69) is 4.90 Å². The number of hydrogen-bond acceptors (Lipinski definition) is 4. The zero-order valence-electron chi connectivity index (χ0n) is 11.5. The van der Waals surface area contributed by atoms with Crippen molar-refractivity contribution in [1.29, 1.82) is 0 Å². The molecule has 1 unspecified atom stereocenters. The van der Waals surface area contributed by atoms with Gasteiger partial charge in [0.2, 0.25) is 0 Å². The number of aliphatic hydroxyl groups is 1. The highest BCUT2D eigenvalue weighted by Gasteiger charge is 2.21. The molecule has 110 valence electrons. The predicted molar refractivity (Wildman–Crippen MR) is 75.1 cm³/mol. The number of rotatable bonds is 7. The van der Waals surface area contributed by atoms with E-state index in [9.17, 15) is 4.79 Å². The van der Waals surface area contributed by atoms with Crippen LogP contribution < -0.4 is 4.74 Å². The van der Waals surface area contributed by atoms with Crippen molar-refractivity contribution in [3.63, 3.8) is 0 Å². The fourth-order valence-electron chi connectivity index (χ4n) is 2.52. The summed E-state index contributed by atoms with van der Waals surface area (Å²) in [5.74, 6) is 0.375. The van der Waals surface area contributed by atoms with Crippen molar-refractivity contribution in [3.8, 4) is 5.75 Å². The molecular formula is C15H21NO4. The lowest BCUT2D eigenvalue weighted by Crippen LogP contribution is -2.26. The highest BCUT2D eigenvalue weighted by atomic mass is 16.5. The number of likely N-dealkylation sites (tertiary alicyclic amines) is 1. The minimum absolute atomic E-state index is 0.267. The van der Waals surface area contributed by atoms with E-state index in [-0.39, 0.29) is 12.2 Å². The maximum Gasteiger partial charge on any atom is 0.335 e. The lowest BCUT2D eigenvalue weighted by Gasteiger charge is -2.16. The monoisotopic (exact) mass is 279 g/mol. The quantitative estimate of drug-likeness (QED) is 0.791. The Kier molecular flexibility index (Phi) is 5.38. The van der Waals surface area contributed by atoms with Gasteiger partial charge in [0.1, 0.15) is 12.4 Å². The van der Waals surface area contributed by atoms with Crippen molar-refractivity contribution in [2.45, 2.75) is 12.8 Å². The summed E-state index contributed by atoms with van der Waals surface area (Å²) >= 11 is 0. The number of carboxylic acid groups (broad SMARTS) is 1. The number of carbonyl (C=O) groups is 1. The number of carboxylic acids is 1. The summed E-state index contributed by atoms with van der Waals surface area (Å²) in [4.78, 5) is 13.1. The van der Waals surface area contributed by atoms with Gasteiger partial charge < -0.3 is 14.9 Å². The molecule has 1 aromatic carbocycles. The molecule has 1 aliphatic heterocycles. The van der Waals surface area contributed by atoms with Crippen molar-refractivity contribution < 1.29 is 19.7 Å². The average Bonchev–Trinajstić information content (AvgIpc) is 2.87. The van der Waals surface area contributed by atoms with Crippen LogP contribution in [0.15, 0.2) is 24.3 Å². The third-order valence-corrected chi connectivity index (χ3v) is 3.68. The van der Waals surface area contributed by atoms with Gasteiger partial charge >= 0.3 is 5.97 Å². The number of aromatic carboxylic acids is 1. The average molecular weight is 279 g/mol. The van der Waals surface area contributed by atoms with Gasteiger partial charge in [0.15, 0.2) is 0 Å². The molecule has 2 N–H and O–H groups in total. The van der Waals surface area contributed by atoms with E-state index in [1.165, 1.54) is 0 Å². The van der Waals surface area contributed by atoms with Crippen LogP contribution in [0.1, 0.15) is 23.2 Å². The van der Waals surface area contributed by atoms with Gasteiger partial charge in [0, 0.05) is 19.7 Å². The number of nitrogens with zero attached hydrogens (tertiary/aromatic N) is 1. The van der Waals surface area contributed by atoms with Gasteiger partial charge in [-0.15, -0.1) is 0 Å². The summed E-state index contributed by atoms with van der Waals surface area (Å²) < 4.78 is 5.61. The minimum Gasteiger partial charge on any atom is -0.492 e. The van der Waals surface area contributed by atoms with Crippen molar-refractivity contribution in [2.24, 2.45) is 5.92 Å². The smallest absolute Gasteiger partial charge is 0.335 e. The molecule has 1 aliphatic rings. The second-order valence-electron chi connectivity index (χ2n) is 5.15. The van der Waals surface area contributed by atoms with Gasteiger partial charge in [0.05, 0.1) is 5.56 Å². The molecule has 1 fully saturated rings. The molecule has 1 heterocycles. The van der Waals surface area contributed by atoms with Crippen LogP contribution in [0.3, 0.4) is 0 Å². The molecule has 5 nitrogen and oxygen atoms in total. The summed E-state index contributed by atoms with van der Waals surface area (Å²) in [6, 6.07) is 6.46. The van der Waals surface area contributed by atoms with Gasteiger partial charge in [-0.05, 0) is 49.6 Å². The summed E-state index contributed by atoms with van der Waals surface area (Å²) in [5, 5.41) is 17.7. The fourth-order valence-corrected chi connectivity index (χ4v) is 2.52. The number of benzene rings is 1. The second kappa shape index (κ2) is 7.26. The van der Waals surface area contributed by atoms with Crippen molar-refractivity contribution in [1.82, 2.24) is 4.90 Å². The maximum atomic E-state index is 10.7. The van der Waals surface area contributed by atoms with E-state index in [1.54, 1.807) is 24.3 Å². The Labute approximate surface area is 118 Å². The minimum atomic E-state index is -0.927. The van der Waals surface area contributed by atoms with E-state index < -0.39 is 5.97 Å². The van der Waals surface area contributed by atoms with E-state index in [0.717, 1.165) is 32.5 Å². The Morgan fingerprint density at radius 1 is 1.35 bits per heavy atom. The van der Waals surface area contributed by atoms with Crippen LogP contribution in [0.25, 0.3) is 0 Å². The van der Waals surface area contributed by atoms with Crippen LogP contribution in [0.2, 0.25) is 0 Å². The largest absolute Gasteiger partial charge is 0.492 e. The van der Waals surface area contributed by atoms with E-state index in [4.69, 9.17) is 14.9 Å². The van der Waals surface area contributed by atoms with Crippen LogP contribution in [-0.2, 0) is 0 Å². The number of hydrogen-bond donors (Lipinski definition) is 2. The first kappa shape index (κ1) is 14.8. The molecule has 0 bridgehead atoms. The van der Waals surface area contributed by atoms with Gasteiger partial charge in [-0.2, -0.15) is 0 Å². The van der Waals surface area contributed by atoms with Crippen LogP contribution in [0.5, 0.6) is 5.75 Å². The maximum absolute atomic E-state index is 10.7. The van der Waals surface area contributed by atoms with Crippen LogP contribution in [0, 0.1) is 5.92 Å². The first-order valence-electron chi connectivity index (χ1n) is 6.98. The fraction of sp³-hybridized carbons (Fsp3) is 0.533. The molecule has 2 rings (SSSR count).